The molecule has 3 aliphatic rings. The lowest BCUT2D eigenvalue weighted by molar-refractivity contribution is -0.171. The molecule has 19 heavy (non-hydrogen) atoms. The van der Waals surface area contributed by atoms with Crippen molar-refractivity contribution in [2.24, 2.45) is 5.41 Å². The van der Waals surface area contributed by atoms with Gasteiger partial charge in [0.25, 0.3) is 0 Å². The Labute approximate surface area is 115 Å². The van der Waals surface area contributed by atoms with Crippen molar-refractivity contribution >= 4 is 5.97 Å². The molecule has 3 aliphatic carbocycles. The summed E-state index contributed by atoms with van der Waals surface area (Å²) in [6, 6.07) is 0.324. The van der Waals surface area contributed by atoms with Gasteiger partial charge in [0.2, 0.25) is 0 Å². The summed E-state index contributed by atoms with van der Waals surface area (Å²) in [5.74, 6) is 0.613. The molecule has 0 radical (unpaired) electrons. The van der Waals surface area contributed by atoms with Crippen LogP contribution in [0.2, 0.25) is 0 Å². The average molecular weight is 267 g/mol. The predicted octanol–water partition coefficient (Wildman–Crippen LogP) is 2.74. The fraction of sp³-hybridized carbons (Fsp3) is 0.800. The van der Waals surface area contributed by atoms with E-state index in [1.807, 2.05) is 0 Å². The van der Waals surface area contributed by atoms with Gasteiger partial charge in [-0.3, -0.25) is 4.79 Å². The number of fused-ring (bicyclic) bond motifs is 3. The summed E-state index contributed by atoms with van der Waals surface area (Å²) >= 11 is 0. The maximum absolute atomic E-state index is 11.9. The van der Waals surface area contributed by atoms with Gasteiger partial charge in [-0.25, -0.2) is 0 Å². The van der Waals surface area contributed by atoms with Crippen LogP contribution in [-0.4, -0.2) is 24.7 Å². The summed E-state index contributed by atoms with van der Waals surface area (Å²) in [7, 11) is 1.48. The topological polar surface area (TPSA) is 47.6 Å². The van der Waals surface area contributed by atoms with Crippen molar-refractivity contribution in [2.45, 2.75) is 64.0 Å². The molecule has 3 saturated carbocycles. The van der Waals surface area contributed by atoms with Gasteiger partial charge in [-0.1, -0.05) is 0 Å². The van der Waals surface area contributed by atoms with Gasteiger partial charge < -0.3 is 14.8 Å². The minimum Gasteiger partial charge on any atom is -0.473 e. The van der Waals surface area contributed by atoms with Crippen molar-refractivity contribution in [3.8, 4) is 0 Å². The lowest BCUT2D eigenvalue weighted by Gasteiger charge is -2.51. The van der Waals surface area contributed by atoms with E-state index in [2.05, 4.69) is 25.7 Å². The maximum Gasteiger partial charge on any atom is 0.311 e. The summed E-state index contributed by atoms with van der Waals surface area (Å²) in [6.45, 7) is 8.07. The van der Waals surface area contributed by atoms with Crippen molar-refractivity contribution in [2.75, 3.05) is 7.11 Å². The molecule has 0 saturated heterocycles. The highest BCUT2D eigenvalue weighted by Crippen LogP contribution is 2.54. The normalized spacial score (nSPS) is 33.1. The highest BCUT2D eigenvalue weighted by molar-refractivity contribution is 5.77. The number of carbonyl (C=O) groups excluding carboxylic acids is 1. The largest absolute Gasteiger partial charge is 0.473 e. The summed E-state index contributed by atoms with van der Waals surface area (Å²) in [4.78, 5) is 11.9. The van der Waals surface area contributed by atoms with E-state index in [0.717, 1.165) is 38.5 Å². The Morgan fingerprint density at radius 1 is 1.16 bits per heavy atom. The first-order valence-corrected chi connectivity index (χ1v) is 7.14. The van der Waals surface area contributed by atoms with Gasteiger partial charge in [0.05, 0.1) is 12.5 Å². The molecule has 2 bridgehead atoms. The van der Waals surface area contributed by atoms with Gasteiger partial charge in [-0.15, -0.1) is 0 Å². The van der Waals surface area contributed by atoms with Gasteiger partial charge >= 0.3 is 5.97 Å². The fourth-order valence-electron chi connectivity index (χ4n) is 3.44. The molecule has 0 aromatic rings. The smallest absolute Gasteiger partial charge is 0.311 e. The molecule has 4 nitrogen and oxygen atoms in total. The van der Waals surface area contributed by atoms with Gasteiger partial charge in [0, 0.05) is 6.04 Å². The third kappa shape index (κ3) is 2.72. The quantitative estimate of drug-likeness (QED) is 0.614. The molecule has 108 valence electrons. The SMILES string of the molecule is C=C(NC(C)C)OC12CCC(C(=O)OC)(CC1)CC2. The zero-order valence-electron chi connectivity index (χ0n) is 12.3. The Hall–Kier alpha value is -1.19. The van der Waals surface area contributed by atoms with E-state index in [4.69, 9.17) is 9.47 Å². The number of nitrogens with one attached hydrogen (secondary N) is 1. The van der Waals surface area contributed by atoms with Crippen molar-refractivity contribution in [1.82, 2.24) is 5.32 Å². The predicted molar refractivity (Wildman–Crippen MR) is 73.4 cm³/mol. The van der Waals surface area contributed by atoms with Gasteiger partial charge in [0.1, 0.15) is 5.60 Å². The van der Waals surface area contributed by atoms with Crippen LogP contribution in [0.25, 0.3) is 0 Å². The van der Waals surface area contributed by atoms with Crippen LogP contribution in [0, 0.1) is 5.41 Å². The van der Waals surface area contributed by atoms with E-state index in [1.165, 1.54) is 7.11 Å². The van der Waals surface area contributed by atoms with Crippen LogP contribution in [-0.2, 0) is 14.3 Å². The Balaban J connectivity index is 1.97. The molecule has 0 spiro atoms. The van der Waals surface area contributed by atoms with Crippen LogP contribution in [0.3, 0.4) is 0 Å². The Morgan fingerprint density at radius 2 is 1.68 bits per heavy atom. The third-order valence-corrected chi connectivity index (χ3v) is 4.59. The standard InChI is InChI=1S/C15H25NO3/c1-11(2)16-12(3)19-15-8-5-14(6-9-15,7-10-15)13(17)18-4/h11,16H,3,5-10H2,1-2,4H3. The highest BCUT2D eigenvalue weighted by atomic mass is 16.5. The molecule has 3 fully saturated rings. The lowest BCUT2D eigenvalue weighted by Crippen LogP contribution is -2.51. The number of methoxy groups -OCH3 is 1. The molecule has 0 unspecified atom stereocenters. The lowest BCUT2D eigenvalue weighted by atomic mass is 9.58. The van der Waals surface area contributed by atoms with Gasteiger partial charge in [-0.05, 0) is 59.0 Å². The molecule has 1 N–H and O–H groups in total. The second-order valence-electron chi connectivity index (χ2n) is 6.28. The Kier molecular flexibility index (Phi) is 3.79. The number of hydrogen-bond donors (Lipinski definition) is 1. The molecule has 0 aromatic heterocycles. The zero-order chi connectivity index (χ0) is 14.1. The van der Waals surface area contributed by atoms with Crippen molar-refractivity contribution in [1.29, 1.82) is 0 Å². The minimum atomic E-state index is -0.243. The molecule has 0 aromatic carbocycles. The minimum absolute atomic E-state index is 0.0417. The molecule has 0 amide bonds. The third-order valence-electron chi connectivity index (χ3n) is 4.59. The highest BCUT2D eigenvalue weighted by Gasteiger charge is 2.54. The first-order chi connectivity index (χ1) is 8.91. The summed E-state index contributed by atoms with van der Waals surface area (Å²) in [6.07, 6.45) is 5.36. The summed E-state index contributed by atoms with van der Waals surface area (Å²) < 4.78 is 11.0. The van der Waals surface area contributed by atoms with E-state index < -0.39 is 0 Å². The second-order valence-corrected chi connectivity index (χ2v) is 6.28. The molecule has 0 atom stereocenters. The average Bonchev–Trinajstić information content (AvgIpc) is 2.38. The zero-order valence-corrected chi connectivity index (χ0v) is 12.3. The van der Waals surface area contributed by atoms with E-state index >= 15 is 0 Å². The number of ether oxygens (including phenoxy) is 2. The van der Waals surface area contributed by atoms with Crippen LogP contribution in [0.5, 0.6) is 0 Å². The van der Waals surface area contributed by atoms with Gasteiger partial charge in [0.15, 0.2) is 5.88 Å². The molecule has 4 heteroatoms. The second kappa shape index (κ2) is 5.06. The van der Waals surface area contributed by atoms with Crippen LogP contribution in [0.15, 0.2) is 12.5 Å². The van der Waals surface area contributed by atoms with Gasteiger partial charge in [-0.2, -0.15) is 0 Å². The molecule has 0 aliphatic heterocycles. The number of hydrogen-bond acceptors (Lipinski definition) is 4. The van der Waals surface area contributed by atoms with Crippen LogP contribution >= 0.6 is 0 Å². The van der Waals surface area contributed by atoms with E-state index in [0.29, 0.717) is 11.9 Å². The fourth-order valence-corrected chi connectivity index (χ4v) is 3.44. The first kappa shape index (κ1) is 14.2. The molecule has 0 heterocycles. The molecular formula is C15H25NO3. The molecular weight excluding hydrogens is 242 g/mol. The van der Waals surface area contributed by atoms with Crippen LogP contribution in [0.4, 0.5) is 0 Å². The monoisotopic (exact) mass is 267 g/mol. The number of rotatable bonds is 5. The molecule has 3 rings (SSSR count). The van der Waals surface area contributed by atoms with Crippen molar-refractivity contribution < 1.29 is 14.3 Å². The van der Waals surface area contributed by atoms with Crippen LogP contribution in [0.1, 0.15) is 52.4 Å². The van der Waals surface area contributed by atoms with E-state index in [-0.39, 0.29) is 17.0 Å². The van der Waals surface area contributed by atoms with E-state index in [9.17, 15) is 4.79 Å². The van der Waals surface area contributed by atoms with Crippen molar-refractivity contribution in [3.05, 3.63) is 12.5 Å². The summed E-state index contributed by atoms with van der Waals surface area (Å²) in [5.41, 5.74) is -0.360. The van der Waals surface area contributed by atoms with Crippen LogP contribution < -0.4 is 5.32 Å². The maximum atomic E-state index is 11.9. The number of carbonyl (C=O) groups is 1. The summed E-state index contributed by atoms with van der Waals surface area (Å²) in [5, 5.41) is 3.20. The van der Waals surface area contributed by atoms with Crippen molar-refractivity contribution in [3.63, 3.8) is 0 Å². The Bertz CT molecular complexity index is 351. The first-order valence-electron chi connectivity index (χ1n) is 7.14. The number of esters is 1. The Morgan fingerprint density at radius 3 is 2.11 bits per heavy atom. The van der Waals surface area contributed by atoms with E-state index in [1.54, 1.807) is 0 Å².